The first-order valence-corrected chi connectivity index (χ1v) is 8.88. The minimum absolute atomic E-state index is 0.0247. The normalized spacial score (nSPS) is 10.9. The zero-order chi connectivity index (χ0) is 20.5. The molecule has 0 atom stereocenters. The molecule has 0 heterocycles. The monoisotopic (exact) mass is 403 g/mol. The van der Waals surface area contributed by atoms with Crippen LogP contribution in [0.3, 0.4) is 0 Å². The molecule has 148 valence electrons. The molecule has 0 aliphatic heterocycles. The number of nitrogens with one attached hydrogen (secondary N) is 1. The van der Waals surface area contributed by atoms with E-state index in [2.05, 4.69) is 10.5 Å². The number of carbonyl (C=O) groups is 2. The van der Waals surface area contributed by atoms with Crippen molar-refractivity contribution < 1.29 is 19.1 Å². The number of hydrogen-bond donors (Lipinski definition) is 1. The molecule has 2 rings (SSSR count). The second-order valence-corrected chi connectivity index (χ2v) is 6.51. The third-order valence-corrected chi connectivity index (χ3v) is 3.92. The van der Waals surface area contributed by atoms with E-state index >= 15 is 0 Å². The van der Waals surface area contributed by atoms with E-state index in [1.54, 1.807) is 69.6 Å². The molecule has 0 aliphatic rings. The van der Waals surface area contributed by atoms with Crippen LogP contribution in [-0.4, -0.2) is 49.7 Å². The summed E-state index contributed by atoms with van der Waals surface area (Å²) in [6.45, 7) is 1.58. The van der Waals surface area contributed by atoms with Crippen molar-refractivity contribution in [1.82, 2.24) is 10.3 Å². The topological polar surface area (TPSA) is 80.2 Å². The maximum atomic E-state index is 11.9. The summed E-state index contributed by atoms with van der Waals surface area (Å²) in [5, 5.41) is 4.66. The third kappa shape index (κ3) is 6.92. The maximum Gasteiger partial charge on any atom is 0.277 e. The highest BCUT2D eigenvalue weighted by Gasteiger charge is 2.06. The van der Waals surface area contributed by atoms with E-state index in [4.69, 9.17) is 21.1 Å². The van der Waals surface area contributed by atoms with Crippen LogP contribution in [0.5, 0.6) is 11.5 Å². The Morgan fingerprint density at radius 3 is 2.07 bits per heavy atom. The van der Waals surface area contributed by atoms with Gasteiger partial charge in [0.15, 0.2) is 13.2 Å². The average Bonchev–Trinajstić information content (AvgIpc) is 2.70. The summed E-state index contributed by atoms with van der Waals surface area (Å²) in [5.41, 5.74) is 3.88. The van der Waals surface area contributed by atoms with Crippen LogP contribution in [0.1, 0.15) is 12.5 Å². The lowest BCUT2D eigenvalue weighted by molar-refractivity contribution is -0.130. The van der Waals surface area contributed by atoms with E-state index in [0.29, 0.717) is 22.2 Å². The minimum Gasteiger partial charge on any atom is -0.484 e. The van der Waals surface area contributed by atoms with Crippen molar-refractivity contribution >= 4 is 29.1 Å². The molecule has 0 aliphatic carbocycles. The van der Waals surface area contributed by atoms with E-state index in [9.17, 15) is 9.59 Å². The van der Waals surface area contributed by atoms with Gasteiger partial charge >= 0.3 is 0 Å². The predicted molar refractivity (Wildman–Crippen MR) is 108 cm³/mol. The highest BCUT2D eigenvalue weighted by molar-refractivity contribution is 6.30. The van der Waals surface area contributed by atoms with Gasteiger partial charge in [-0.05, 0) is 61.0 Å². The number of halogens is 1. The van der Waals surface area contributed by atoms with Crippen molar-refractivity contribution in [3.05, 3.63) is 59.1 Å². The first-order chi connectivity index (χ1) is 13.3. The van der Waals surface area contributed by atoms with Crippen LogP contribution in [0.15, 0.2) is 53.6 Å². The average molecular weight is 404 g/mol. The lowest BCUT2D eigenvalue weighted by atomic mass is 10.1. The largest absolute Gasteiger partial charge is 0.484 e. The number of likely N-dealkylation sites (N-methyl/N-ethyl adjacent to an activating group) is 1. The molecule has 0 saturated carbocycles. The van der Waals surface area contributed by atoms with Crippen LogP contribution in [0.25, 0.3) is 0 Å². The summed E-state index contributed by atoms with van der Waals surface area (Å²) < 4.78 is 10.8. The van der Waals surface area contributed by atoms with E-state index in [0.717, 1.165) is 5.56 Å². The van der Waals surface area contributed by atoms with Crippen LogP contribution in [0, 0.1) is 0 Å². The SMILES string of the molecule is CC(=NNC(=O)COc1ccc(Cl)cc1)c1ccc(OCC(=O)N(C)C)cc1. The van der Waals surface area contributed by atoms with Crippen LogP contribution < -0.4 is 14.9 Å². The van der Waals surface area contributed by atoms with Gasteiger partial charge in [0.2, 0.25) is 0 Å². The number of carbonyl (C=O) groups excluding carboxylic acids is 2. The fourth-order valence-corrected chi connectivity index (χ4v) is 2.12. The standard InChI is InChI=1S/C20H22ClN3O4/c1-14(15-4-8-17(9-5-15)28-13-20(26)24(2)3)22-23-19(25)12-27-18-10-6-16(21)7-11-18/h4-11H,12-13H2,1-3H3,(H,23,25). The predicted octanol–water partition coefficient (Wildman–Crippen LogP) is 2.73. The lowest BCUT2D eigenvalue weighted by Crippen LogP contribution is -2.27. The van der Waals surface area contributed by atoms with Gasteiger partial charge in [0.25, 0.3) is 11.8 Å². The molecular weight excluding hydrogens is 382 g/mol. The van der Waals surface area contributed by atoms with Crippen LogP contribution >= 0.6 is 11.6 Å². The fraction of sp³-hybridized carbons (Fsp3) is 0.250. The van der Waals surface area contributed by atoms with E-state index < -0.39 is 0 Å². The Morgan fingerprint density at radius 2 is 1.50 bits per heavy atom. The van der Waals surface area contributed by atoms with Crippen molar-refractivity contribution in [2.45, 2.75) is 6.92 Å². The van der Waals surface area contributed by atoms with E-state index in [1.165, 1.54) is 4.90 Å². The Kier molecular flexibility index (Phi) is 7.83. The van der Waals surface area contributed by atoms with Crippen LogP contribution in [0.2, 0.25) is 5.02 Å². The highest BCUT2D eigenvalue weighted by Crippen LogP contribution is 2.15. The van der Waals surface area contributed by atoms with E-state index in [1.807, 2.05) is 0 Å². The number of amides is 2. The number of hydrogen-bond acceptors (Lipinski definition) is 5. The summed E-state index contributed by atoms with van der Waals surface area (Å²) in [6.07, 6.45) is 0. The molecule has 0 radical (unpaired) electrons. The van der Waals surface area contributed by atoms with Crippen molar-refractivity contribution in [2.75, 3.05) is 27.3 Å². The molecule has 2 aromatic carbocycles. The number of benzene rings is 2. The first kappa shape index (κ1) is 21.2. The fourth-order valence-electron chi connectivity index (χ4n) is 1.99. The van der Waals surface area contributed by atoms with Gasteiger partial charge in [0, 0.05) is 19.1 Å². The summed E-state index contributed by atoms with van der Waals surface area (Å²) in [6, 6.07) is 13.8. The molecule has 0 fully saturated rings. The Morgan fingerprint density at radius 1 is 0.964 bits per heavy atom. The first-order valence-electron chi connectivity index (χ1n) is 8.50. The van der Waals surface area contributed by atoms with Crippen LogP contribution in [0.4, 0.5) is 0 Å². The molecule has 2 aromatic rings. The molecule has 0 spiro atoms. The Hall–Kier alpha value is -3.06. The summed E-state index contributed by atoms with van der Waals surface area (Å²) in [5.74, 6) is 0.623. The number of nitrogens with zero attached hydrogens (tertiary/aromatic N) is 2. The molecule has 28 heavy (non-hydrogen) atoms. The smallest absolute Gasteiger partial charge is 0.277 e. The number of hydrazone groups is 1. The molecule has 2 amide bonds. The summed E-state index contributed by atoms with van der Waals surface area (Å²) in [7, 11) is 3.34. The Labute approximate surface area is 168 Å². The zero-order valence-electron chi connectivity index (χ0n) is 15.9. The molecule has 7 nitrogen and oxygen atoms in total. The van der Waals surface area contributed by atoms with Gasteiger partial charge < -0.3 is 14.4 Å². The Balaban J connectivity index is 1.82. The van der Waals surface area contributed by atoms with Crippen molar-refractivity contribution in [3.8, 4) is 11.5 Å². The summed E-state index contributed by atoms with van der Waals surface area (Å²) in [4.78, 5) is 24.8. The van der Waals surface area contributed by atoms with Crippen molar-refractivity contribution in [3.63, 3.8) is 0 Å². The molecule has 0 aromatic heterocycles. The summed E-state index contributed by atoms with van der Waals surface area (Å²) >= 11 is 5.79. The molecular formula is C20H22ClN3O4. The van der Waals surface area contributed by atoms with Crippen molar-refractivity contribution in [2.24, 2.45) is 5.10 Å². The van der Waals surface area contributed by atoms with Crippen molar-refractivity contribution in [1.29, 1.82) is 0 Å². The number of rotatable bonds is 8. The van der Waals surface area contributed by atoms with Gasteiger partial charge in [-0.15, -0.1) is 0 Å². The van der Waals surface area contributed by atoms with Gasteiger partial charge in [-0.3, -0.25) is 9.59 Å². The molecule has 8 heteroatoms. The zero-order valence-corrected chi connectivity index (χ0v) is 16.7. The number of ether oxygens (including phenoxy) is 2. The molecule has 1 N–H and O–H groups in total. The van der Waals surface area contributed by atoms with Gasteiger partial charge in [-0.1, -0.05) is 11.6 Å². The minimum atomic E-state index is -0.378. The quantitative estimate of drug-likeness (QED) is 0.543. The molecule has 0 bridgehead atoms. The Bertz CT molecular complexity index is 834. The molecule has 0 saturated heterocycles. The lowest BCUT2D eigenvalue weighted by Gasteiger charge is -2.11. The highest BCUT2D eigenvalue weighted by atomic mass is 35.5. The van der Waals surface area contributed by atoms with Crippen LogP contribution in [-0.2, 0) is 9.59 Å². The van der Waals surface area contributed by atoms with Gasteiger partial charge in [0.1, 0.15) is 11.5 Å². The maximum absolute atomic E-state index is 11.9. The van der Waals surface area contributed by atoms with E-state index in [-0.39, 0.29) is 25.0 Å². The second kappa shape index (κ2) is 10.3. The van der Waals surface area contributed by atoms with Gasteiger partial charge in [-0.2, -0.15) is 5.10 Å². The van der Waals surface area contributed by atoms with Gasteiger partial charge in [0.05, 0.1) is 5.71 Å². The second-order valence-electron chi connectivity index (χ2n) is 6.08. The third-order valence-electron chi connectivity index (χ3n) is 3.67. The van der Waals surface area contributed by atoms with Gasteiger partial charge in [-0.25, -0.2) is 5.43 Å². The molecule has 0 unspecified atom stereocenters.